The Morgan fingerprint density at radius 2 is 1.68 bits per heavy atom. The number of methoxy groups -OCH3 is 1. The van der Waals surface area contributed by atoms with Crippen LogP contribution in [0.2, 0.25) is 0 Å². The molecular weight excluding hydrogens is 474 g/mol. The second-order valence-electron chi connectivity index (χ2n) is 8.96. The Balaban J connectivity index is 1.66. The van der Waals surface area contributed by atoms with Crippen LogP contribution in [0.5, 0.6) is 23.0 Å². The van der Waals surface area contributed by atoms with Gasteiger partial charge in [0.05, 0.1) is 24.8 Å². The number of fused-ring (bicyclic) bond motifs is 1. The van der Waals surface area contributed by atoms with Crippen LogP contribution < -0.4 is 23.8 Å². The predicted molar refractivity (Wildman–Crippen MR) is 137 cm³/mol. The van der Waals surface area contributed by atoms with Crippen LogP contribution in [-0.2, 0) is 9.59 Å². The summed E-state index contributed by atoms with van der Waals surface area (Å²) in [6, 6.07) is 18.1. The van der Waals surface area contributed by atoms with Crippen molar-refractivity contribution in [1.82, 2.24) is 0 Å². The first-order valence-electron chi connectivity index (χ1n) is 12.0. The van der Waals surface area contributed by atoms with Crippen LogP contribution >= 0.6 is 0 Å². The molecule has 0 radical (unpaired) electrons. The number of ketones is 1. The molecule has 0 aromatic heterocycles. The van der Waals surface area contributed by atoms with Crippen LogP contribution in [0.1, 0.15) is 31.0 Å². The molecule has 2 aliphatic rings. The van der Waals surface area contributed by atoms with E-state index >= 15 is 0 Å². The van der Waals surface area contributed by atoms with Gasteiger partial charge >= 0.3 is 0 Å². The molecule has 1 N–H and O–H groups in total. The molecule has 8 nitrogen and oxygen atoms in total. The summed E-state index contributed by atoms with van der Waals surface area (Å²) in [5.74, 6) is 0.367. The highest BCUT2D eigenvalue weighted by molar-refractivity contribution is 6.51. The second kappa shape index (κ2) is 9.89. The Morgan fingerprint density at radius 3 is 2.38 bits per heavy atom. The third-order valence-electron chi connectivity index (χ3n) is 6.16. The molecule has 2 heterocycles. The lowest BCUT2D eigenvalue weighted by Crippen LogP contribution is -2.29. The monoisotopic (exact) mass is 501 g/mol. The number of hydrogen-bond acceptors (Lipinski definition) is 7. The van der Waals surface area contributed by atoms with Crippen LogP contribution in [0, 0.1) is 0 Å². The minimum atomic E-state index is -0.881. The minimum Gasteiger partial charge on any atom is -0.507 e. The number of ether oxygens (including phenoxy) is 4. The summed E-state index contributed by atoms with van der Waals surface area (Å²) < 4.78 is 22.3. The van der Waals surface area contributed by atoms with Gasteiger partial charge in [-0.05, 0) is 61.9 Å². The molecule has 37 heavy (non-hydrogen) atoms. The van der Waals surface area contributed by atoms with Crippen LogP contribution in [0.3, 0.4) is 0 Å². The maximum Gasteiger partial charge on any atom is 0.300 e. The molecule has 3 aromatic rings. The van der Waals surface area contributed by atoms with Crippen LogP contribution in [-0.4, -0.2) is 43.2 Å². The van der Waals surface area contributed by atoms with Crippen molar-refractivity contribution in [1.29, 1.82) is 0 Å². The lowest BCUT2D eigenvalue weighted by atomic mass is 9.95. The van der Waals surface area contributed by atoms with Crippen LogP contribution in [0.15, 0.2) is 72.3 Å². The SMILES string of the molecule is COc1cccc(N2C(=O)C(=O)/C(=C(\O)c3ccc4c(c3)OCCO4)C2c2ccc(OC(C)C)cc2)c1. The van der Waals surface area contributed by atoms with E-state index in [4.69, 9.17) is 18.9 Å². The molecule has 5 rings (SSSR count). The highest BCUT2D eigenvalue weighted by Gasteiger charge is 2.47. The van der Waals surface area contributed by atoms with Crippen LogP contribution in [0.25, 0.3) is 5.76 Å². The Labute approximate surface area is 214 Å². The normalized spacial score (nSPS) is 18.3. The van der Waals surface area contributed by atoms with Crippen molar-refractivity contribution < 1.29 is 33.6 Å². The second-order valence-corrected chi connectivity index (χ2v) is 8.96. The van der Waals surface area contributed by atoms with E-state index in [1.807, 2.05) is 13.8 Å². The summed E-state index contributed by atoms with van der Waals surface area (Å²) in [6.07, 6.45) is -0.0107. The number of rotatable bonds is 6. The maximum atomic E-state index is 13.4. The van der Waals surface area contributed by atoms with E-state index in [9.17, 15) is 14.7 Å². The smallest absolute Gasteiger partial charge is 0.300 e. The van der Waals surface area contributed by atoms with E-state index in [1.54, 1.807) is 66.7 Å². The number of amides is 1. The van der Waals surface area contributed by atoms with Gasteiger partial charge in [0.25, 0.3) is 11.7 Å². The molecule has 0 spiro atoms. The summed E-state index contributed by atoms with van der Waals surface area (Å²) in [4.78, 5) is 28.2. The summed E-state index contributed by atoms with van der Waals surface area (Å²) in [5.41, 5.74) is 1.42. The average molecular weight is 502 g/mol. The maximum absolute atomic E-state index is 13.4. The first-order valence-corrected chi connectivity index (χ1v) is 12.0. The first-order chi connectivity index (χ1) is 17.9. The molecule has 1 fully saturated rings. The molecule has 2 aliphatic heterocycles. The summed E-state index contributed by atoms with van der Waals surface area (Å²) >= 11 is 0. The number of carbonyl (C=O) groups is 2. The number of benzene rings is 3. The van der Waals surface area contributed by atoms with Crippen molar-refractivity contribution >= 4 is 23.1 Å². The van der Waals surface area contributed by atoms with Gasteiger partial charge < -0.3 is 24.1 Å². The number of Topliss-reactive ketones (excluding diaryl/α,β-unsaturated/α-hetero) is 1. The van der Waals surface area contributed by atoms with E-state index < -0.39 is 17.7 Å². The zero-order valence-electron chi connectivity index (χ0n) is 20.8. The van der Waals surface area contributed by atoms with Gasteiger partial charge in [0.15, 0.2) is 11.5 Å². The molecule has 3 aromatic carbocycles. The Morgan fingerprint density at radius 1 is 0.946 bits per heavy atom. The number of hydrogen-bond donors (Lipinski definition) is 1. The number of carbonyl (C=O) groups excluding carboxylic acids is 2. The van der Waals surface area contributed by atoms with Crippen molar-refractivity contribution in [2.24, 2.45) is 0 Å². The quantitative estimate of drug-likeness (QED) is 0.292. The van der Waals surface area contributed by atoms with Crippen molar-refractivity contribution in [3.05, 3.63) is 83.4 Å². The molecular formula is C29H27NO7. The number of anilines is 1. The fraction of sp³-hybridized carbons (Fsp3) is 0.241. The van der Waals surface area contributed by atoms with E-state index in [1.165, 1.54) is 12.0 Å². The fourth-order valence-corrected chi connectivity index (χ4v) is 4.52. The number of nitrogens with zero attached hydrogens (tertiary/aromatic N) is 1. The molecule has 0 aliphatic carbocycles. The zero-order valence-corrected chi connectivity index (χ0v) is 20.8. The molecule has 1 unspecified atom stereocenters. The topological polar surface area (TPSA) is 94.5 Å². The molecule has 1 atom stereocenters. The lowest BCUT2D eigenvalue weighted by molar-refractivity contribution is -0.132. The molecule has 1 saturated heterocycles. The molecule has 1 amide bonds. The van der Waals surface area contributed by atoms with E-state index in [2.05, 4.69) is 0 Å². The Bertz CT molecular complexity index is 1380. The van der Waals surface area contributed by atoms with Gasteiger partial charge in [-0.15, -0.1) is 0 Å². The molecule has 0 bridgehead atoms. The van der Waals surface area contributed by atoms with Gasteiger partial charge in [-0.1, -0.05) is 18.2 Å². The standard InChI is InChI=1S/C29H27NO7/c1-17(2)37-21-10-7-18(8-11-21)26-25(27(31)19-9-12-23-24(15-19)36-14-13-35-23)28(32)29(33)30(26)20-5-4-6-22(16-20)34-3/h4-12,15-17,26,31H,13-14H2,1-3H3/b27-25-. The first kappa shape index (κ1) is 24.2. The van der Waals surface area contributed by atoms with E-state index in [0.717, 1.165) is 0 Å². The third kappa shape index (κ3) is 4.58. The van der Waals surface area contributed by atoms with E-state index in [0.29, 0.717) is 53.0 Å². The molecule has 0 saturated carbocycles. The van der Waals surface area contributed by atoms with Gasteiger partial charge in [-0.25, -0.2) is 0 Å². The summed E-state index contributed by atoms with van der Waals surface area (Å²) in [5, 5.41) is 11.4. The highest BCUT2D eigenvalue weighted by Crippen LogP contribution is 2.44. The number of aliphatic hydroxyl groups is 1. The van der Waals surface area contributed by atoms with Crippen molar-refractivity contribution in [2.75, 3.05) is 25.2 Å². The van der Waals surface area contributed by atoms with Gasteiger partial charge in [0.1, 0.15) is 30.5 Å². The van der Waals surface area contributed by atoms with Gasteiger partial charge in [0, 0.05) is 17.3 Å². The van der Waals surface area contributed by atoms with Crippen LogP contribution in [0.4, 0.5) is 5.69 Å². The van der Waals surface area contributed by atoms with E-state index in [-0.39, 0.29) is 17.4 Å². The molecule has 190 valence electrons. The zero-order chi connectivity index (χ0) is 26.1. The Kier molecular flexibility index (Phi) is 6.48. The molecule has 8 heteroatoms. The fourth-order valence-electron chi connectivity index (χ4n) is 4.52. The number of aliphatic hydroxyl groups excluding tert-OH is 1. The third-order valence-corrected chi connectivity index (χ3v) is 6.16. The summed E-state index contributed by atoms with van der Waals surface area (Å²) in [6.45, 7) is 4.67. The lowest BCUT2D eigenvalue weighted by Gasteiger charge is -2.26. The largest absolute Gasteiger partial charge is 0.507 e. The van der Waals surface area contributed by atoms with Crippen molar-refractivity contribution in [3.63, 3.8) is 0 Å². The average Bonchev–Trinajstić information content (AvgIpc) is 3.18. The predicted octanol–water partition coefficient (Wildman–Crippen LogP) is 4.88. The minimum absolute atomic E-state index is 0.0107. The van der Waals surface area contributed by atoms with Crippen molar-refractivity contribution in [3.8, 4) is 23.0 Å². The Hall–Kier alpha value is -4.46. The summed E-state index contributed by atoms with van der Waals surface area (Å²) in [7, 11) is 1.53. The highest BCUT2D eigenvalue weighted by atomic mass is 16.6. The van der Waals surface area contributed by atoms with Crippen molar-refractivity contribution in [2.45, 2.75) is 26.0 Å². The van der Waals surface area contributed by atoms with Gasteiger partial charge in [-0.3, -0.25) is 14.5 Å². The van der Waals surface area contributed by atoms with Gasteiger partial charge in [0.2, 0.25) is 0 Å². The van der Waals surface area contributed by atoms with Gasteiger partial charge in [-0.2, -0.15) is 0 Å².